The van der Waals surface area contributed by atoms with Crippen molar-refractivity contribution in [3.63, 3.8) is 0 Å². The minimum absolute atomic E-state index is 0.0620. The van der Waals surface area contributed by atoms with Crippen molar-refractivity contribution in [2.24, 2.45) is 10.2 Å². The molecule has 16 heavy (non-hydrogen) atoms. The smallest absolute Gasteiger partial charge is 0.0991 e. The van der Waals surface area contributed by atoms with E-state index in [1.165, 1.54) is 0 Å². The van der Waals surface area contributed by atoms with Crippen LogP contribution in [0.25, 0.3) is 20.9 Å². The molecule has 0 saturated carbocycles. The van der Waals surface area contributed by atoms with E-state index in [-0.39, 0.29) is 6.54 Å². The van der Waals surface area contributed by atoms with Crippen LogP contribution in [0.2, 0.25) is 0 Å². The van der Waals surface area contributed by atoms with E-state index in [0.717, 1.165) is 0 Å². The molecule has 0 aliphatic rings. The Labute approximate surface area is 91.2 Å². The molecule has 1 unspecified atom stereocenters. The number of nitriles is 1. The van der Waals surface area contributed by atoms with E-state index in [2.05, 4.69) is 20.1 Å². The lowest BCUT2D eigenvalue weighted by atomic mass is 10.1. The third-order valence-electron chi connectivity index (χ3n) is 1.93. The topological polar surface area (TPSA) is 121 Å². The fourth-order valence-corrected chi connectivity index (χ4v) is 1.16. The van der Waals surface area contributed by atoms with Gasteiger partial charge in [-0.3, -0.25) is 0 Å². The van der Waals surface area contributed by atoms with E-state index in [9.17, 15) is 0 Å². The maximum Gasteiger partial charge on any atom is 0.0991 e. The van der Waals surface area contributed by atoms with Crippen LogP contribution in [0.3, 0.4) is 0 Å². The number of benzene rings is 1. The molecule has 0 saturated heterocycles. The fourth-order valence-electron chi connectivity index (χ4n) is 1.16. The molecule has 0 bridgehead atoms. The van der Waals surface area contributed by atoms with Gasteiger partial charge in [0.15, 0.2) is 0 Å². The lowest BCUT2D eigenvalue weighted by Gasteiger charge is -2.07. The Hall–Kier alpha value is -2.67. The van der Waals surface area contributed by atoms with E-state index in [1.54, 1.807) is 24.3 Å². The Morgan fingerprint density at radius 1 is 1.25 bits per heavy atom. The molecule has 0 spiro atoms. The minimum atomic E-state index is -0.534. The van der Waals surface area contributed by atoms with Crippen LogP contribution in [0, 0.1) is 11.3 Å². The van der Waals surface area contributed by atoms with Crippen molar-refractivity contribution in [3.8, 4) is 6.07 Å². The van der Waals surface area contributed by atoms with Crippen molar-refractivity contribution in [1.29, 1.82) is 5.26 Å². The first-order valence-corrected chi connectivity index (χ1v) is 4.37. The first-order chi connectivity index (χ1) is 7.81. The average Bonchev–Trinajstić information content (AvgIpc) is 2.35. The van der Waals surface area contributed by atoms with Crippen LogP contribution >= 0.6 is 0 Å². The molecule has 0 amide bonds. The Balaban J connectivity index is 2.97. The molecule has 7 heteroatoms. The summed E-state index contributed by atoms with van der Waals surface area (Å²) in [5, 5.41) is 15.5. The van der Waals surface area contributed by atoms with Gasteiger partial charge in [-0.05, 0) is 28.8 Å². The van der Waals surface area contributed by atoms with E-state index in [0.29, 0.717) is 11.1 Å². The zero-order valence-corrected chi connectivity index (χ0v) is 8.22. The summed E-state index contributed by atoms with van der Waals surface area (Å²) in [7, 11) is 0. The molecule has 0 aromatic heterocycles. The predicted octanol–water partition coefficient (Wildman–Crippen LogP) is 3.22. The second-order valence-corrected chi connectivity index (χ2v) is 2.87. The molecular weight excluding hydrogens is 206 g/mol. The zero-order valence-electron chi connectivity index (χ0n) is 8.22. The van der Waals surface area contributed by atoms with Gasteiger partial charge in [0.1, 0.15) is 0 Å². The second-order valence-electron chi connectivity index (χ2n) is 2.87. The Kier molecular flexibility index (Phi) is 4.23. The average molecular weight is 213 g/mol. The molecule has 0 fully saturated rings. The summed E-state index contributed by atoms with van der Waals surface area (Å²) >= 11 is 0. The van der Waals surface area contributed by atoms with Gasteiger partial charge in [0.2, 0.25) is 0 Å². The molecule has 0 aliphatic heterocycles. The summed E-state index contributed by atoms with van der Waals surface area (Å²) in [5.74, 6) is 0. The van der Waals surface area contributed by atoms with Crippen molar-refractivity contribution in [1.82, 2.24) is 0 Å². The second kappa shape index (κ2) is 5.94. The normalized spacial score (nSPS) is 10.4. The highest BCUT2D eigenvalue weighted by Crippen LogP contribution is 2.18. The van der Waals surface area contributed by atoms with Crippen LogP contribution in [-0.2, 0) is 0 Å². The first-order valence-electron chi connectivity index (χ1n) is 4.37. The van der Waals surface area contributed by atoms with Gasteiger partial charge in [-0.2, -0.15) is 5.26 Å². The van der Waals surface area contributed by atoms with Crippen LogP contribution in [0.4, 0.5) is 0 Å². The number of hydrogen-bond donors (Lipinski definition) is 0. The van der Waals surface area contributed by atoms with Gasteiger partial charge in [-0.1, -0.05) is 22.4 Å². The molecule has 0 radical (unpaired) electrons. The molecule has 1 aromatic carbocycles. The highest BCUT2D eigenvalue weighted by Gasteiger charge is 2.07. The molecule has 1 rings (SSSR count). The van der Waals surface area contributed by atoms with Crippen molar-refractivity contribution in [3.05, 3.63) is 56.3 Å². The molecule has 1 aromatic rings. The quantitative estimate of drug-likeness (QED) is 0.425. The highest BCUT2D eigenvalue weighted by molar-refractivity contribution is 5.33. The summed E-state index contributed by atoms with van der Waals surface area (Å²) in [6, 6.07) is 8.02. The summed E-state index contributed by atoms with van der Waals surface area (Å²) in [5.41, 5.74) is 17.8. The third kappa shape index (κ3) is 2.93. The van der Waals surface area contributed by atoms with Crippen LogP contribution < -0.4 is 0 Å². The lowest BCUT2D eigenvalue weighted by Crippen LogP contribution is -1.98. The Morgan fingerprint density at radius 3 is 2.44 bits per heavy atom. The van der Waals surface area contributed by atoms with Crippen molar-refractivity contribution in [2.75, 3.05) is 6.54 Å². The van der Waals surface area contributed by atoms with Gasteiger partial charge in [-0.15, -0.1) is 0 Å². The number of rotatable bonds is 4. The maximum absolute atomic E-state index is 8.61. The number of hydrogen-bond acceptors (Lipinski definition) is 3. The molecule has 0 aliphatic carbocycles. The molecule has 0 heterocycles. The predicted molar refractivity (Wildman–Crippen MR) is 57.1 cm³/mol. The van der Waals surface area contributed by atoms with E-state index < -0.39 is 6.04 Å². The third-order valence-corrected chi connectivity index (χ3v) is 1.93. The van der Waals surface area contributed by atoms with Crippen molar-refractivity contribution < 1.29 is 0 Å². The van der Waals surface area contributed by atoms with Gasteiger partial charge in [0.05, 0.1) is 17.7 Å². The number of azide groups is 2. The minimum Gasteiger partial charge on any atom is -0.192 e. The highest BCUT2D eigenvalue weighted by atomic mass is 15.2. The van der Waals surface area contributed by atoms with Gasteiger partial charge >= 0.3 is 0 Å². The van der Waals surface area contributed by atoms with E-state index in [1.807, 2.05) is 6.07 Å². The van der Waals surface area contributed by atoms with Crippen LogP contribution in [-0.4, -0.2) is 6.54 Å². The standard InChI is InChI=1S/C9H7N7/c10-5-7-1-3-8(4-2-7)9(14-16-12)6-13-15-11/h1-4,9H,6H2. The summed E-state index contributed by atoms with van der Waals surface area (Å²) in [6.07, 6.45) is 0. The van der Waals surface area contributed by atoms with E-state index in [4.69, 9.17) is 16.3 Å². The fraction of sp³-hybridized carbons (Fsp3) is 0.222. The molecule has 78 valence electrons. The molecule has 0 N–H and O–H groups in total. The largest absolute Gasteiger partial charge is 0.192 e. The molecule has 7 nitrogen and oxygen atoms in total. The van der Waals surface area contributed by atoms with Gasteiger partial charge in [0.25, 0.3) is 0 Å². The zero-order chi connectivity index (χ0) is 11.8. The SMILES string of the molecule is N#Cc1ccc(C(CN=[N+]=[N-])N=[N+]=[N-])cc1. The van der Waals surface area contributed by atoms with Crippen LogP contribution in [0.1, 0.15) is 17.2 Å². The Morgan fingerprint density at radius 2 is 1.94 bits per heavy atom. The molecular formula is C9H7N7. The van der Waals surface area contributed by atoms with Crippen LogP contribution in [0.5, 0.6) is 0 Å². The Bertz CT molecular complexity index is 486. The lowest BCUT2D eigenvalue weighted by molar-refractivity contribution is 0.727. The summed E-state index contributed by atoms with van der Waals surface area (Å²) in [6.45, 7) is 0.0620. The van der Waals surface area contributed by atoms with Crippen LogP contribution in [0.15, 0.2) is 34.5 Å². The van der Waals surface area contributed by atoms with Crippen molar-refractivity contribution >= 4 is 0 Å². The van der Waals surface area contributed by atoms with Crippen molar-refractivity contribution in [2.45, 2.75) is 6.04 Å². The van der Waals surface area contributed by atoms with Gasteiger partial charge in [-0.25, -0.2) is 0 Å². The number of nitrogens with zero attached hydrogens (tertiary/aromatic N) is 7. The van der Waals surface area contributed by atoms with E-state index >= 15 is 0 Å². The van der Waals surface area contributed by atoms with Gasteiger partial charge < -0.3 is 0 Å². The van der Waals surface area contributed by atoms with Gasteiger partial charge in [0, 0.05) is 16.4 Å². The molecule has 1 atom stereocenters. The summed E-state index contributed by atoms with van der Waals surface area (Å²) in [4.78, 5) is 5.29. The monoisotopic (exact) mass is 213 g/mol. The summed E-state index contributed by atoms with van der Waals surface area (Å²) < 4.78 is 0. The maximum atomic E-state index is 8.61. The first kappa shape index (κ1) is 11.4.